The van der Waals surface area contributed by atoms with Crippen LogP contribution in [-0.2, 0) is 0 Å². The maximum Gasteiger partial charge on any atom is 0.0361 e. The molecular weight excluding hydrogens is 244 g/mol. The third-order valence-corrected chi connectivity index (χ3v) is 4.03. The first-order valence-corrected chi connectivity index (χ1v) is 7.71. The van der Waals surface area contributed by atoms with Crippen LogP contribution in [0.2, 0.25) is 0 Å². The van der Waals surface area contributed by atoms with Crippen LogP contribution in [-0.4, -0.2) is 38.6 Å². The Morgan fingerprint density at radius 1 is 1.10 bits per heavy atom. The highest BCUT2D eigenvalue weighted by Crippen LogP contribution is 2.20. The number of rotatable bonds is 4. The summed E-state index contributed by atoms with van der Waals surface area (Å²) in [7, 11) is 4.15. The first kappa shape index (κ1) is 15.1. The van der Waals surface area contributed by atoms with Gasteiger partial charge in [0.05, 0.1) is 0 Å². The Labute approximate surface area is 124 Å². The number of anilines is 1. The topological polar surface area (TPSA) is 6.48 Å². The minimum absolute atomic E-state index is 0.839. The van der Waals surface area contributed by atoms with Crippen LogP contribution < -0.4 is 4.90 Å². The summed E-state index contributed by atoms with van der Waals surface area (Å²) in [6.07, 6.45) is 5.92. The Morgan fingerprint density at radius 3 is 2.25 bits per heavy atom. The Bertz CT molecular complexity index is 423. The van der Waals surface area contributed by atoms with Crippen LogP contribution >= 0.6 is 0 Å². The second-order valence-electron chi connectivity index (χ2n) is 6.55. The monoisotopic (exact) mass is 272 g/mol. The van der Waals surface area contributed by atoms with Gasteiger partial charge in [0.2, 0.25) is 0 Å². The molecule has 0 N–H and O–H groups in total. The highest BCUT2D eigenvalue weighted by atomic mass is 15.1. The lowest BCUT2D eigenvalue weighted by atomic mass is 9.92. The molecule has 1 heterocycles. The maximum atomic E-state index is 2.57. The number of hydrogen-bond donors (Lipinski definition) is 0. The number of hydrogen-bond acceptors (Lipinski definition) is 2. The first-order valence-electron chi connectivity index (χ1n) is 7.71. The van der Waals surface area contributed by atoms with E-state index in [-0.39, 0.29) is 0 Å². The first-order chi connectivity index (χ1) is 9.54. The van der Waals surface area contributed by atoms with E-state index in [4.69, 9.17) is 0 Å². The average molecular weight is 272 g/mol. The van der Waals surface area contributed by atoms with Crippen molar-refractivity contribution >= 4 is 11.8 Å². The summed E-state index contributed by atoms with van der Waals surface area (Å²) in [5, 5.41) is 0. The average Bonchev–Trinajstić information content (AvgIpc) is 2.38. The lowest BCUT2D eigenvalue weighted by molar-refractivity contribution is 0.155. The predicted octanol–water partition coefficient (Wildman–Crippen LogP) is 3.74. The molecule has 0 bridgehead atoms. The summed E-state index contributed by atoms with van der Waals surface area (Å²) in [4.78, 5) is 4.70. The van der Waals surface area contributed by atoms with Gasteiger partial charge >= 0.3 is 0 Å². The van der Waals surface area contributed by atoms with Crippen molar-refractivity contribution in [1.29, 1.82) is 0 Å². The summed E-state index contributed by atoms with van der Waals surface area (Å²) < 4.78 is 0. The molecule has 1 aromatic rings. The lowest BCUT2D eigenvalue weighted by Gasteiger charge is -2.34. The SMILES string of the molecule is C[C@@H]1C[C@@H](C)CN(C/C=C/c2ccc(N(C)C)cc2)C1. The molecule has 1 fully saturated rings. The van der Waals surface area contributed by atoms with Crippen LogP contribution in [0.3, 0.4) is 0 Å². The summed E-state index contributed by atoms with van der Waals surface area (Å²) in [5.41, 5.74) is 2.54. The molecule has 20 heavy (non-hydrogen) atoms. The summed E-state index contributed by atoms with van der Waals surface area (Å²) in [6, 6.07) is 8.72. The number of nitrogens with zero attached hydrogens (tertiary/aromatic N) is 2. The smallest absolute Gasteiger partial charge is 0.0361 e. The van der Waals surface area contributed by atoms with E-state index >= 15 is 0 Å². The molecule has 0 unspecified atom stereocenters. The van der Waals surface area contributed by atoms with Gasteiger partial charge in [0, 0.05) is 39.4 Å². The Kier molecular flexibility index (Phi) is 5.24. The van der Waals surface area contributed by atoms with E-state index in [2.05, 4.69) is 74.2 Å². The van der Waals surface area contributed by atoms with Gasteiger partial charge in [-0.05, 0) is 36.0 Å². The quantitative estimate of drug-likeness (QED) is 0.824. The predicted molar refractivity (Wildman–Crippen MR) is 89.2 cm³/mol. The largest absolute Gasteiger partial charge is 0.378 e. The Balaban J connectivity index is 1.86. The zero-order chi connectivity index (χ0) is 14.5. The zero-order valence-corrected chi connectivity index (χ0v) is 13.3. The molecule has 2 nitrogen and oxygen atoms in total. The van der Waals surface area contributed by atoms with Crippen LogP contribution in [0.4, 0.5) is 5.69 Å². The molecule has 2 atom stereocenters. The van der Waals surface area contributed by atoms with Gasteiger partial charge in [0.15, 0.2) is 0 Å². The van der Waals surface area contributed by atoms with Gasteiger partial charge in [0.25, 0.3) is 0 Å². The van der Waals surface area contributed by atoms with Gasteiger partial charge in [-0.15, -0.1) is 0 Å². The van der Waals surface area contributed by atoms with Crippen molar-refractivity contribution in [2.75, 3.05) is 38.6 Å². The minimum Gasteiger partial charge on any atom is -0.378 e. The fourth-order valence-corrected chi connectivity index (χ4v) is 3.16. The Morgan fingerprint density at radius 2 is 1.70 bits per heavy atom. The van der Waals surface area contributed by atoms with E-state index in [0.29, 0.717) is 0 Å². The van der Waals surface area contributed by atoms with E-state index in [1.54, 1.807) is 0 Å². The highest BCUT2D eigenvalue weighted by Gasteiger charge is 2.20. The van der Waals surface area contributed by atoms with Crippen molar-refractivity contribution in [3.63, 3.8) is 0 Å². The van der Waals surface area contributed by atoms with Gasteiger partial charge in [-0.1, -0.05) is 38.1 Å². The number of benzene rings is 1. The molecule has 0 aliphatic carbocycles. The molecule has 0 aromatic heterocycles. The molecule has 1 aromatic carbocycles. The van der Waals surface area contributed by atoms with Crippen molar-refractivity contribution in [2.45, 2.75) is 20.3 Å². The van der Waals surface area contributed by atoms with Crippen LogP contribution in [0.15, 0.2) is 30.3 Å². The lowest BCUT2D eigenvalue weighted by Crippen LogP contribution is -2.38. The molecule has 110 valence electrons. The zero-order valence-electron chi connectivity index (χ0n) is 13.3. The fourth-order valence-electron chi connectivity index (χ4n) is 3.16. The van der Waals surface area contributed by atoms with Gasteiger partial charge in [0.1, 0.15) is 0 Å². The summed E-state index contributed by atoms with van der Waals surface area (Å²) >= 11 is 0. The van der Waals surface area contributed by atoms with E-state index in [0.717, 1.165) is 18.4 Å². The van der Waals surface area contributed by atoms with Crippen LogP contribution in [0.1, 0.15) is 25.8 Å². The van der Waals surface area contributed by atoms with Crippen molar-refractivity contribution < 1.29 is 0 Å². The summed E-state index contributed by atoms with van der Waals surface area (Å²) in [6.45, 7) is 8.30. The number of piperidine rings is 1. The second-order valence-corrected chi connectivity index (χ2v) is 6.55. The van der Waals surface area contributed by atoms with Crippen molar-refractivity contribution in [3.05, 3.63) is 35.9 Å². The molecule has 2 heteroatoms. The third kappa shape index (κ3) is 4.38. The normalized spacial score (nSPS) is 24.2. The molecule has 2 rings (SSSR count). The van der Waals surface area contributed by atoms with Crippen LogP contribution in [0.5, 0.6) is 0 Å². The molecule has 0 spiro atoms. The second kappa shape index (κ2) is 6.94. The van der Waals surface area contributed by atoms with Gasteiger partial charge in [-0.25, -0.2) is 0 Å². The van der Waals surface area contributed by atoms with Crippen molar-refractivity contribution in [2.24, 2.45) is 11.8 Å². The van der Waals surface area contributed by atoms with E-state index in [1.165, 1.54) is 30.8 Å². The van der Waals surface area contributed by atoms with Gasteiger partial charge < -0.3 is 4.90 Å². The highest BCUT2D eigenvalue weighted by molar-refractivity contribution is 5.55. The molecule has 1 saturated heterocycles. The molecule has 0 saturated carbocycles. The van der Waals surface area contributed by atoms with E-state index in [9.17, 15) is 0 Å². The standard InChI is InChI=1S/C18H28N2/c1-15-12-16(2)14-20(13-15)11-5-6-17-7-9-18(10-8-17)19(3)4/h5-10,15-16H,11-14H2,1-4H3/b6-5+/t15-,16-/m1/s1. The van der Waals surface area contributed by atoms with E-state index < -0.39 is 0 Å². The van der Waals surface area contributed by atoms with Gasteiger partial charge in [-0.2, -0.15) is 0 Å². The molecule has 1 aliphatic rings. The third-order valence-electron chi connectivity index (χ3n) is 4.03. The molecular formula is C18H28N2. The van der Waals surface area contributed by atoms with Crippen LogP contribution in [0, 0.1) is 11.8 Å². The fraction of sp³-hybridized carbons (Fsp3) is 0.556. The van der Waals surface area contributed by atoms with E-state index in [1.807, 2.05) is 0 Å². The van der Waals surface area contributed by atoms with Gasteiger partial charge in [-0.3, -0.25) is 4.90 Å². The Hall–Kier alpha value is -1.28. The number of likely N-dealkylation sites (tertiary alicyclic amines) is 1. The molecule has 0 amide bonds. The molecule has 0 radical (unpaired) electrons. The minimum atomic E-state index is 0.839. The van der Waals surface area contributed by atoms with Crippen LogP contribution in [0.25, 0.3) is 6.08 Å². The molecule has 1 aliphatic heterocycles. The van der Waals surface area contributed by atoms with Crippen molar-refractivity contribution in [1.82, 2.24) is 4.90 Å². The van der Waals surface area contributed by atoms with Crippen molar-refractivity contribution in [3.8, 4) is 0 Å². The maximum absolute atomic E-state index is 2.57. The summed E-state index contributed by atoms with van der Waals surface area (Å²) in [5.74, 6) is 1.68.